The van der Waals surface area contributed by atoms with Crippen LogP contribution >= 0.6 is 0 Å². The molecular formula is C32H38FN9O6. The molecule has 2 aromatic heterocycles. The maximum absolute atomic E-state index is 15.0. The zero-order chi connectivity index (χ0) is 33.6. The summed E-state index contributed by atoms with van der Waals surface area (Å²) in [6.07, 6.45) is -0.700. The number of ether oxygens (including phenoxy) is 3. The minimum absolute atomic E-state index is 0.114. The number of piperidine rings is 1. The van der Waals surface area contributed by atoms with Crippen molar-refractivity contribution < 1.29 is 33.6 Å². The summed E-state index contributed by atoms with van der Waals surface area (Å²) in [5, 5.41) is 31.8. The van der Waals surface area contributed by atoms with Gasteiger partial charge in [0, 0.05) is 63.8 Å². The average molecular weight is 664 g/mol. The van der Waals surface area contributed by atoms with Gasteiger partial charge in [-0.15, -0.1) is 0 Å². The van der Waals surface area contributed by atoms with Crippen LogP contribution in [0, 0.1) is 11.3 Å². The first-order chi connectivity index (χ1) is 23.4. The second kappa shape index (κ2) is 15.0. The Bertz CT molecular complexity index is 1630. The van der Waals surface area contributed by atoms with Crippen molar-refractivity contribution in [3.63, 3.8) is 0 Å². The summed E-state index contributed by atoms with van der Waals surface area (Å²) < 4.78 is 31.9. The van der Waals surface area contributed by atoms with Crippen molar-refractivity contribution in [3.05, 3.63) is 42.4 Å². The molecule has 254 valence electrons. The van der Waals surface area contributed by atoms with Crippen molar-refractivity contribution in [2.24, 2.45) is 0 Å². The molecule has 3 saturated heterocycles. The molecule has 0 radical (unpaired) electrons. The number of nitrogens with zero attached hydrogens (tertiary/aromatic N) is 8. The highest BCUT2D eigenvalue weighted by Crippen LogP contribution is 2.32. The molecule has 0 bridgehead atoms. The first kappa shape index (κ1) is 33.2. The summed E-state index contributed by atoms with van der Waals surface area (Å²) in [7, 11) is 1.61. The summed E-state index contributed by atoms with van der Waals surface area (Å²) in [5.41, 5.74) is 1.31. The average Bonchev–Trinajstić information content (AvgIpc) is 3.08. The van der Waals surface area contributed by atoms with Gasteiger partial charge in [0.15, 0.2) is 23.6 Å². The van der Waals surface area contributed by atoms with Gasteiger partial charge in [0.2, 0.25) is 5.95 Å². The number of hydrogen-bond acceptors (Lipinski definition) is 14. The van der Waals surface area contributed by atoms with E-state index in [1.165, 1.54) is 11.2 Å². The van der Waals surface area contributed by atoms with Crippen LogP contribution in [0.2, 0.25) is 0 Å². The minimum Gasteiger partial charge on any atom is -0.493 e. The van der Waals surface area contributed by atoms with Crippen molar-refractivity contribution in [2.75, 3.05) is 76.4 Å². The van der Waals surface area contributed by atoms with E-state index in [4.69, 9.17) is 19.3 Å². The maximum atomic E-state index is 15.0. The minimum atomic E-state index is -1.53. The Kier molecular flexibility index (Phi) is 10.4. The fourth-order valence-corrected chi connectivity index (χ4v) is 5.95. The number of benzene rings is 1. The number of rotatable bonds is 11. The molecule has 16 heteroatoms. The SMILES string of the molecule is COc1cc(Nc2ncnc(-c3ccc(O[C@H]4CCN(C(=O)[C@@H](O)CCO)C[C@H]4F)c(C#N)c3)n2)cnc1N1CCN(C2COC2)CC1. The lowest BCUT2D eigenvalue weighted by molar-refractivity contribution is -0.144. The van der Waals surface area contributed by atoms with E-state index >= 15 is 4.39 Å². The Labute approximate surface area is 276 Å². The van der Waals surface area contributed by atoms with Crippen molar-refractivity contribution >= 4 is 23.4 Å². The first-order valence-electron chi connectivity index (χ1n) is 15.9. The molecule has 0 aliphatic carbocycles. The molecule has 3 aliphatic rings. The van der Waals surface area contributed by atoms with Crippen LogP contribution in [-0.2, 0) is 9.53 Å². The van der Waals surface area contributed by atoms with E-state index in [2.05, 4.69) is 41.1 Å². The maximum Gasteiger partial charge on any atom is 0.251 e. The summed E-state index contributed by atoms with van der Waals surface area (Å²) in [6, 6.07) is 9.23. The molecule has 3 aromatic rings. The number of halogens is 1. The lowest BCUT2D eigenvalue weighted by Crippen LogP contribution is -2.56. The second-order valence-corrected chi connectivity index (χ2v) is 11.8. The normalized spacial score (nSPS) is 20.8. The van der Waals surface area contributed by atoms with E-state index in [1.807, 2.05) is 6.07 Å². The van der Waals surface area contributed by atoms with Crippen LogP contribution in [-0.4, -0.2) is 136 Å². The van der Waals surface area contributed by atoms with E-state index in [0.717, 1.165) is 45.2 Å². The number of nitriles is 1. The summed E-state index contributed by atoms with van der Waals surface area (Å²) >= 11 is 0. The molecule has 6 rings (SSSR count). The Hall–Kier alpha value is -4.69. The van der Waals surface area contributed by atoms with Gasteiger partial charge in [-0.3, -0.25) is 9.69 Å². The van der Waals surface area contributed by atoms with E-state index in [-0.39, 0.29) is 49.8 Å². The molecular weight excluding hydrogens is 625 g/mol. The van der Waals surface area contributed by atoms with Crippen LogP contribution < -0.4 is 19.7 Å². The Morgan fingerprint density at radius 1 is 1.17 bits per heavy atom. The number of alkyl halides is 1. The number of pyridine rings is 1. The van der Waals surface area contributed by atoms with Crippen LogP contribution in [0.5, 0.6) is 11.5 Å². The van der Waals surface area contributed by atoms with E-state index < -0.39 is 24.3 Å². The van der Waals surface area contributed by atoms with Gasteiger partial charge in [-0.1, -0.05) is 0 Å². The number of amides is 1. The summed E-state index contributed by atoms with van der Waals surface area (Å²) in [4.78, 5) is 35.9. The van der Waals surface area contributed by atoms with Crippen LogP contribution in [0.25, 0.3) is 11.4 Å². The molecule has 3 atom stereocenters. The second-order valence-electron chi connectivity index (χ2n) is 11.8. The molecule has 0 spiro atoms. The third-order valence-electron chi connectivity index (χ3n) is 8.75. The van der Waals surface area contributed by atoms with Crippen molar-refractivity contribution in [1.82, 2.24) is 29.7 Å². The van der Waals surface area contributed by atoms with Crippen molar-refractivity contribution in [1.29, 1.82) is 5.26 Å². The van der Waals surface area contributed by atoms with Crippen molar-refractivity contribution in [3.8, 4) is 29.0 Å². The molecule has 48 heavy (non-hydrogen) atoms. The van der Waals surface area contributed by atoms with Crippen LogP contribution in [0.4, 0.5) is 21.8 Å². The quantitative estimate of drug-likeness (QED) is 0.266. The van der Waals surface area contributed by atoms with Crippen LogP contribution in [0.15, 0.2) is 36.8 Å². The molecule has 3 fully saturated rings. The number of piperazine rings is 1. The number of methoxy groups -OCH3 is 1. The number of anilines is 3. The third-order valence-corrected chi connectivity index (χ3v) is 8.75. The predicted molar refractivity (Wildman–Crippen MR) is 171 cm³/mol. The van der Waals surface area contributed by atoms with Gasteiger partial charge in [0.1, 0.15) is 30.4 Å². The lowest BCUT2D eigenvalue weighted by Gasteiger charge is -2.43. The van der Waals surface area contributed by atoms with Crippen molar-refractivity contribution in [2.45, 2.75) is 37.3 Å². The Morgan fingerprint density at radius 3 is 2.67 bits per heavy atom. The van der Waals surface area contributed by atoms with Gasteiger partial charge in [0.25, 0.3) is 5.91 Å². The predicted octanol–water partition coefficient (Wildman–Crippen LogP) is 1.14. The number of nitrogens with one attached hydrogen (secondary N) is 1. The number of aliphatic hydroxyl groups excluding tert-OH is 2. The van der Waals surface area contributed by atoms with Gasteiger partial charge < -0.3 is 39.5 Å². The van der Waals surface area contributed by atoms with E-state index in [9.17, 15) is 15.2 Å². The third kappa shape index (κ3) is 7.39. The summed E-state index contributed by atoms with van der Waals surface area (Å²) in [6.45, 7) is 4.70. The van der Waals surface area contributed by atoms with Gasteiger partial charge in [-0.2, -0.15) is 10.2 Å². The number of aromatic nitrogens is 4. The fourth-order valence-electron chi connectivity index (χ4n) is 5.95. The highest BCUT2D eigenvalue weighted by Gasteiger charge is 2.35. The molecule has 5 heterocycles. The summed E-state index contributed by atoms with van der Waals surface area (Å²) in [5.74, 6) is 1.52. The highest BCUT2D eigenvalue weighted by molar-refractivity contribution is 5.80. The monoisotopic (exact) mass is 663 g/mol. The molecule has 3 aliphatic heterocycles. The lowest BCUT2D eigenvalue weighted by atomic mass is 10.0. The number of carbonyl (C=O) groups is 1. The molecule has 0 unspecified atom stereocenters. The van der Waals surface area contributed by atoms with Gasteiger partial charge in [-0.05, 0) is 18.2 Å². The standard InChI is InChI=1S/C32H38FN9O6/c1-46-28-13-22(15-35-30(28)41-9-7-40(8-10-41)23-17-47-18-23)38-32-37-19-36-29(39-32)20-2-3-26(21(12-20)14-34)48-27-4-6-42(16-24(27)33)31(45)25(44)5-11-43/h2-3,12-13,15,19,23-25,27,43-44H,4-11,16-18H2,1H3,(H,36,37,38,39)/t24-,25+,27+/m1/s1. The molecule has 15 nitrogen and oxygen atoms in total. The number of likely N-dealkylation sites (tertiary alicyclic amines) is 1. The van der Waals surface area contributed by atoms with Gasteiger partial charge >= 0.3 is 0 Å². The smallest absolute Gasteiger partial charge is 0.251 e. The molecule has 0 saturated carbocycles. The largest absolute Gasteiger partial charge is 0.493 e. The molecule has 3 N–H and O–H groups in total. The fraction of sp³-hybridized carbons (Fsp3) is 0.500. The van der Waals surface area contributed by atoms with Gasteiger partial charge in [0.05, 0.1) is 50.4 Å². The number of aliphatic hydroxyl groups is 2. The van der Waals surface area contributed by atoms with Gasteiger partial charge in [-0.25, -0.2) is 19.3 Å². The molecule has 1 aromatic carbocycles. The zero-order valence-electron chi connectivity index (χ0n) is 26.5. The first-order valence-corrected chi connectivity index (χ1v) is 15.9. The molecule has 1 amide bonds. The Balaban J connectivity index is 1.09. The van der Waals surface area contributed by atoms with E-state index in [1.54, 1.807) is 31.5 Å². The van der Waals surface area contributed by atoms with E-state index in [0.29, 0.717) is 28.9 Å². The van der Waals surface area contributed by atoms with Crippen LogP contribution in [0.1, 0.15) is 18.4 Å². The topological polar surface area (TPSA) is 182 Å². The Morgan fingerprint density at radius 2 is 1.98 bits per heavy atom. The zero-order valence-corrected chi connectivity index (χ0v) is 26.5. The number of hydrogen-bond donors (Lipinski definition) is 3. The highest BCUT2D eigenvalue weighted by atomic mass is 19.1. The van der Waals surface area contributed by atoms with Crippen LogP contribution in [0.3, 0.4) is 0 Å². The number of carbonyl (C=O) groups excluding carboxylic acids is 1.